The summed E-state index contributed by atoms with van der Waals surface area (Å²) in [5, 5.41) is 11.7. The van der Waals surface area contributed by atoms with Gasteiger partial charge in [0.05, 0.1) is 17.8 Å². The summed E-state index contributed by atoms with van der Waals surface area (Å²) in [6, 6.07) is 7.07. The number of hydrogen-bond acceptors (Lipinski definition) is 4. The summed E-state index contributed by atoms with van der Waals surface area (Å²) >= 11 is 1.32. The Balaban J connectivity index is 2.10. The van der Waals surface area contributed by atoms with Crippen molar-refractivity contribution in [3.63, 3.8) is 0 Å². The Bertz CT molecular complexity index is 520. The van der Waals surface area contributed by atoms with Crippen LogP contribution in [-0.2, 0) is 6.61 Å². The van der Waals surface area contributed by atoms with Gasteiger partial charge in [-0.05, 0) is 24.6 Å². The first-order chi connectivity index (χ1) is 8.20. The van der Waals surface area contributed by atoms with E-state index in [1.165, 1.54) is 11.3 Å². The fourth-order valence-electron chi connectivity index (χ4n) is 1.40. The highest BCUT2D eigenvalue weighted by Gasteiger charge is 2.11. The lowest BCUT2D eigenvalue weighted by molar-refractivity contribution is 0.103. The molecule has 1 heterocycles. The van der Waals surface area contributed by atoms with E-state index in [9.17, 15) is 4.79 Å². The number of aryl methyl sites for hydroxylation is 1. The second kappa shape index (κ2) is 5.07. The predicted octanol–water partition coefficient (Wildman–Crippen LogP) is 2.20. The van der Waals surface area contributed by atoms with Crippen molar-refractivity contribution in [1.29, 1.82) is 0 Å². The average molecular weight is 248 g/mol. The lowest BCUT2D eigenvalue weighted by Crippen LogP contribution is -2.11. The Morgan fingerprint density at radius 1 is 1.41 bits per heavy atom. The molecule has 2 rings (SSSR count). The van der Waals surface area contributed by atoms with Gasteiger partial charge in [0.1, 0.15) is 4.88 Å². The number of carbonyl (C=O) groups excluding carboxylic acids is 1. The van der Waals surface area contributed by atoms with Crippen molar-refractivity contribution in [2.45, 2.75) is 13.5 Å². The molecule has 5 heteroatoms. The van der Waals surface area contributed by atoms with E-state index in [1.807, 2.05) is 0 Å². The molecule has 0 bridgehead atoms. The number of aliphatic hydroxyl groups excluding tert-OH is 1. The van der Waals surface area contributed by atoms with Crippen molar-refractivity contribution in [3.05, 3.63) is 45.9 Å². The van der Waals surface area contributed by atoms with E-state index < -0.39 is 0 Å². The van der Waals surface area contributed by atoms with Crippen LogP contribution in [0.4, 0.5) is 5.69 Å². The van der Waals surface area contributed by atoms with Gasteiger partial charge < -0.3 is 10.4 Å². The molecule has 1 aromatic heterocycles. The van der Waals surface area contributed by atoms with E-state index in [1.54, 1.807) is 36.7 Å². The number of nitrogens with zero attached hydrogens (tertiary/aromatic N) is 1. The Morgan fingerprint density at radius 2 is 2.12 bits per heavy atom. The minimum atomic E-state index is -0.151. The molecule has 4 nitrogen and oxygen atoms in total. The zero-order valence-electron chi connectivity index (χ0n) is 9.30. The molecule has 0 aliphatic carbocycles. The quantitative estimate of drug-likeness (QED) is 0.875. The second-order valence-corrected chi connectivity index (χ2v) is 4.43. The predicted molar refractivity (Wildman–Crippen MR) is 67.2 cm³/mol. The monoisotopic (exact) mass is 248 g/mol. The van der Waals surface area contributed by atoms with Crippen molar-refractivity contribution in [2.24, 2.45) is 0 Å². The maximum absolute atomic E-state index is 11.9. The number of thiazole rings is 1. The molecule has 1 amide bonds. The molecule has 0 spiro atoms. The lowest BCUT2D eigenvalue weighted by atomic mass is 10.2. The van der Waals surface area contributed by atoms with Gasteiger partial charge in [-0.3, -0.25) is 4.79 Å². The van der Waals surface area contributed by atoms with E-state index in [2.05, 4.69) is 10.3 Å². The topological polar surface area (TPSA) is 62.2 Å². The number of rotatable bonds is 3. The van der Waals surface area contributed by atoms with E-state index >= 15 is 0 Å². The maximum Gasteiger partial charge on any atom is 0.267 e. The van der Waals surface area contributed by atoms with Crippen molar-refractivity contribution in [2.75, 3.05) is 5.32 Å². The molecule has 88 valence electrons. The Hall–Kier alpha value is -1.72. The van der Waals surface area contributed by atoms with E-state index in [4.69, 9.17) is 5.11 Å². The fourth-order valence-corrected chi connectivity index (χ4v) is 2.10. The van der Waals surface area contributed by atoms with Gasteiger partial charge in [0.25, 0.3) is 5.91 Å². The molecule has 2 N–H and O–H groups in total. The van der Waals surface area contributed by atoms with Gasteiger partial charge in [-0.2, -0.15) is 0 Å². The largest absolute Gasteiger partial charge is 0.392 e. The third kappa shape index (κ3) is 2.69. The summed E-state index contributed by atoms with van der Waals surface area (Å²) in [5.41, 5.74) is 3.91. The number of carbonyl (C=O) groups is 1. The number of nitrogens with one attached hydrogen (secondary N) is 1. The van der Waals surface area contributed by atoms with Gasteiger partial charge in [0.2, 0.25) is 0 Å². The first-order valence-electron chi connectivity index (χ1n) is 5.12. The highest BCUT2D eigenvalue weighted by molar-refractivity contribution is 7.12. The highest BCUT2D eigenvalue weighted by Crippen LogP contribution is 2.16. The second-order valence-electron chi connectivity index (χ2n) is 3.58. The number of amides is 1. The zero-order valence-corrected chi connectivity index (χ0v) is 10.1. The summed E-state index contributed by atoms with van der Waals surface area (Å²) in [4.78, 5) is 16.5. The normalized spacial score (nSPS) is 10.2. The number of benzene rings is 1. The van der Waals surface area contributed by atoms with Crippen LogP contribution in [-0.4, -0.2) is 16.0 Å². The van der Waals surface area contributed by atoms with Crippen LogP contribution >= 0.6 is 11.3 Å². The van der Waals surface area contributed by atoms with E-state index in [0.29, 0.717) is 10.6 Å². The summed E-state index contributed by atoms with van der Waals surface area (Å²) in [6.07, 6.45) is 0. The molecule has 0 saturated heterocycles. The maximum atomic E-state index is 11.9. The van der Waals surface area contributed by atoms with Crippen LogP contribution in [0.2, 0.25) is 0 Å². The fraction of sp³-hybridized carbons (Fsp3) is 0.167. The van der Waals surface area contributed by atoms with Crippen molar-refractivity contribution >= 4 is 22.9 Å². The molecule has 0 fully saturated rings. The third-order valence-corrected chi connectivity index (χ3v) is 3.27. The molecule has 2 aromatic rings. The van der Waals surface area contributed by atoms with Crippen LogP contribution < -0.4 is 5.32 Å². The Morgan fingerprint density at radius 3 is 2.65 bits per heavy atom. The molecule has 0 unspecified atom stereocenters. The third-order valence-electron chi connectivity index (χ3n) is 2.35. The van der Waals surface area contributed by atoms with Crippen molar-refractivity contribution in [1.82, 2.24) is 4.98 Å². The minimum absolute atomic E-state index is 0.00216. The summed E-state index contributed by atoms with van der Waals surface area (Å²) in [7, 11) is 0. The molecule has 0 radical (unpaired) electrons. The lowest BCUT2D eigenvalue weighted by Gasteiger charge is -2.04. The van der Waals surface area contributed by atoms with Gasteiger partial charge in [0.15, 0.2) is 0 Å². The number of anilines is 1. The van der Waals surface area contributed by atoms with Crippen LogP contribution in [0.1, 0.15) is 20.9 Å². The van der Waals surface area contributed by atoms with Crippen LogP contribution in [0, 0.1) is 6.92 Å². The van der Waals surface area contributed by atoms with E-state index in [0.717, 1.165) is 11.3 Å². The van der Waals surface area contributed by atoms with Crippen LogP contribution in [0.3, 0.4) is 0 Å². The smallest absolute Gasteiger partial charge is 0.267 e. The molecular formula is C12H12N2O2S. The number of hydrogen-bond donors (Lipinski definition) is 2. The molecule has 0 atom stereocenters. The van der Waals surface area contributed by atoms with Crippen LogP contribution in [0.15, 0.2) is 29.8 Å². The standard InChI is InChI=1S/C12H12N2O2S/c1-8-11(17-7-13-8)12(16)14-10-4-2-9(6-15)3-5-10/h2-5,7,15H,6H2,1H3,(H,14,16). The molecule has 0 aliphatic heterocycles. The van der Waals surface area contributed by atoms with Gasteiger partial charge in [-0.25, -0.2) is 4.98 Å². The number of aromatic nitrogens is 1. The van der Waals surface area contributed by atoms with Crippen LogP contribution in [0.25, 0.3) is 0 Å². The van der Waals surface area contributed by atoms with Crippen molar-refractivity contribution in [3.8, 4) is 0 Å². The molecule has 0 aliphatic rings. The van der Waals surface area contributed by atoms with E-state index in [-0.39, 0.29) is 12.5 Å². The summed E-state index contributed by atoms with van der Waals surface area (Å²) in [6.45, 7) is 1.81. The van der Waals surface area contributed by atoms with Gasteiger partial charge in [-0.1, -0.05) is 12.1 Å². The summed E-state index contributed by atoms with van der Waals surface area (Å²) in [5.74, 6) is -0.151. The SMILES string of the molecule is Cc1ncsc1C(=O)Nc1ccc(CO)cc1. The van der Waals surface area contributed by atoms with Crippen molar-refractivity contribution < 1.29 is 9.90 Å². The molecule has 1 aromatic carbocycles. The molecule has 0 saturated carbocycles. The first kappa shape index (κ1) is 11.8. The zero-order chi connectivity index (χ0) is 12.3. The minimum Gasteiger partial charge on any atom is -0.392 e. The molecular weight excluding hydrogens is 236 g/mol. The number of aliphatic hydroxyl groups is 1. The summed E-state index contributed by atoms with van der Waals surface area (Å²) < 4.78 is 0. The first-order valence-corrected chi connectivity index (χ1v) is 6.00. The average Bonchev–Trinajstić information content (AvgIpc) is 2.76. The van der Waals surface area contributed by atoms with Gasteiger partial charge in [-0.15, -0.1) is 11.3 Å². The molecule has 17 heavy (non-hydrogen) atoms. The Labute approximate surface area is 103 Å². The Kier molecular flexibility index (Phi) is 3.51. The van der Waals surface area contributed by atoms with Gasteiger partial charge >= 0.3 is 0 Å². The highest BCUT2D eigenvalue weighted by atomic mass is 32.1. The van der Waals surface area contributed by atoms with Crippen LogP contribution in [0.5, 0.6) is 0 Å². The van der Waals surface area contributed by atoms with Gasteiger partial charge in [0, 0.05) is 5.69 Å².